The lowest BCUT2D eigenvalue weighted by atomic mass is 9.41. The van der Waals surface area contributed by atoms with E-state index in [0.29, 0.717) is 10.8 Å². The lowest BCUT2D eigenvalue weighted by Crippen LogP contribution is -2.57. The SMILES string of the molecule is NCCC1(C23CC4CC(CC(C4)C2)C3)CCCOC1. The Morgan fingerprint density at radius 2 is 1.63 bits per heavy atom. The molecular weight excluding hydrogens is 234 g/mol. The van der Waals surface area contributed by atoms with E-state index in [-0.39, 0.29) is 0 Å². The Hall–Kier alpha value is -0.0800. The van der Waals surface area contributed by atoms with Crippen molar-refractivity contribution in [2.24, 2.45) is 34.3 Å². The molecule has 5 aliphatic rings. The van der Waals surface area contributed by atoms with Gasteiger partial charge in [0.15, 0.2) is 0 Å². The van der Waals surface area contributed by atoms with Gasteiger partial charge in [-0.1, -0.05) is 0 Å². The summed E-state index contributed by atoms with van der Waals surface area (Å²) in [6.45, 7) is 2.85. The first-order valence-electron chi connectivity index (χ1n) is 8.53. The summed E-state index contributed by atoms with van der Waals surface area (Å²) in [5.41, 5.74) is 7.06. The Bertz CT molecular complexity index is 304. The van der Waals surface area contributed by atoms with Crippen LogP contribution in [-0.2, 0) is 4.74 Å². The summed E-state index contributed by atoms with van der Waals surface area (Å²) in [5.74, 6) is 3.13. The lowest BCUT2D eigenvalue weighted by molar-refractivity contribution is -0.176. The van der Waals surface area contributed by atoms with Gasteiger partial charge in [-0.15, -0.1) is 0 Å². The molecule has 0 amide bonds. The van der Waals surface area contributed by atoms with Gasteiger partial charge < -0.3 is 10.5 Å². The van der Waals surface area contributed by atoms with Crippen LogP contribution in [0.1, 0.15) is 57.8 Å². The fourth-order valence-electron chi connectivity index (χ4n) is 6.77. The highest BCUT2D eigenvalue weighted by Crippen LogP contribution is 2.68. The van der Waals surface area contributed by atoms with E-state index in [1.165, 1.54) is 57.8 Å². The predicted octanol–water partition coefficient (Wildman–Crippen LogP) is 3.35. The smallest absolute Gasteiger partial charge is 0.0528 e. The highest BCUT2D eigenvalue weighted by atomic mass is 16.5. The average Bonchev–Trinajstić information content (AvgIpc) is 2.38. The topological polar surface area (TPSA) is 35.2 Å². The van der Waals surface area contributed by atoms with Gasteiger partial charge in [-0.3, -0.25) is 0 Å². The van der Waals surface area contributed by atoms with Crippen molar-refractivity contribution >= 4 is 0 Å². The van der Waals surface area contributed by atoms with Crippen molar-refractivity contribution in [3.63, 3.8) is 0 Å². The van der Waals surface area contributed by atoms with E-state index in [1.807, 2.05) is 0 Å². The first-order valence-corrected chi connectivity index (χ1v) is 8.53. The van der Waals surface area contributed by atoms with Crippen LogP contribution >= 0.6 is 0 Å². The van der Waals surface area contributed by atoms with E-state index >= 15 is 0 Å². The fourth-order valence-corrected chi connectivity index (χ4v) is 6.77. The zero-order chi connectivity index (χ0) is 12.9. The summed E-state index contributed by atoms with van der Waals surface area (Å²) in [6.07, 6.45) is 13.0. The molecule has 4 aliphatic carbocycles. The van der Waals surface area contributed by atoms with Crippen LogP contribution in [0, 0.1) is 28.6 Å². The predicted molar refractivity (Wildman–Crippen MR) is 76.8 cm³/mol. The molecule has 0 aromatic rings. The Balaban J connectivity index is 1.67. The molecule has 108 valence electrons. The summed E-state index contributed by atoms with van der Waals surface area (Å²) in [5, 5.41) is 0. The van der Waals surface area contributed by atoms with Gasteiger partial charge in [-0.2, -0.15) is 0 Å². The summed E-state index contributed by atoms with van der Waals surface area (Å²) >= 11 is 0. The number of nitrogens with two attached hydrogens (primary N) is 1. The molecule has 0 aromatic carbocycles. The summed E-state index contributed by atoms with van der Waals surface area (Å²) in [4.78, 5) is 0. The highest BCUT2D eigenvalue weighted by molar-refractivity contribution is 5.09. The molecular formula is C17H29NO. The maximum Gasteiger partial charge on any atom is 0.0528 e. The molecule has 0 spiro atoms. The van der Waals surface area contributed by atoms with Gasteiger partial charge in [0.1, 0.15) is 0 Å². The standard InChI is InChI=1S/C17H29NO/c18-4-3-16(2-1-5-19-12-16)17-9-13-6-14(10-17)8-15(7-13)11-17/h13-15H,1-12,18H2. The second-order valence-electron chi connectivity index (χ2n) is 8.17. The van der Waals surface area contributed by atoms with E-state index in [2.05, 4.69) is 0 Å². The Kier molecular flexibility index (Phi) is 2.97. The molecule has 1 saturated heterocycles. The van der Waals surface area contributed by atoms with Crippen LogP contribution in [-0.4, -0.2) is 19.8 Å². The van der Waals surface area contributed by atoms with Gasteiger partial charge >= 0.3 is 0 Å². The average molecular weight is 263 g/mol. The van der Waals surface area contributed by atoms with E-state index in [4.69, 9.17) is 10.5 Å². The summed E-state index contributed by atoms with van der Waals surface area (Å²) in [6, 6.07) is 0. The zero-order valence-electron chi connectivity index (χ0n) is 12.2. The maximum absolute atomic E-state index is 6.01. The van der Waals surface area contributed by atoms with Crippen molar-refractivity contribution in [2.45, 2.75) is 57.8 Å². The number of ether oxygens (including phenoxy) is 1. The van der Waals surface area contributed by atoms with Gasteiger partial charge in [-0.25, -0.2) is 0 Å². The third kappa shape index (κ3) is 1.82. The molecule has 2 nitrogen and oxygen atoms in total. The molecule has 2 N–H and O–H groups in total. The van der Waals surface area contributed by atoms with Crippen LogP contribution in [0.25, 0.3) is 0 Å². The molecule has 0 radical (unpaired) electrons. The van der Waals surface area contributed by atoms with Crippen LogP contribution in [0.5, 0.6) is 0 Å². The molecule has 1 atom stereocenters. The van der Waals surface area contributed by atoms with Gasteiger partial charge in [0.2, 0.25) is 0 Å². The minimum absolute atomic E-state index is 0.440. The molecule has 5 rings (SSSR count). The summed E-state index contributed by atoms with van der Waals surface area (Å²) in [7, 11) is 0. The third-order valence-corrected chi connectivity index (χ3v) is 7.11. The van der Waals surface area contributed by atoms with Crippen LogP contribution in [0.2, 0.25) is 0 Å². The quantitative estimate of drug-likeness (QED) is 0.847. The van der Waals surface area contributed by atoms with Crippen LogP contribution < -0.4 is 5.73 Å². The van der Waals surface area contributed by atoms with Gasteiger partial charge in [0.25, 0.3) is 0 Å². The fraction of sp³-hybridized carbons (Fsp3) is 1.00. The van der Waals surface area contributed by atoms with Crippen LogP contribution in [0.4, 0.5) is 0 Å². The van der Waals surface area contributed by atoms with E-state index < -0.39 is 0 Å². The third-order valence-electron chi connectivity index (χ3n) is 7.11. The second kappa shape index (κ2) is 4.46. The summed E-state index contributed by atoms with van der Waals surface area (Å²) < 4.78 is 5.97. The normalized spacial score (nSPS) is 52.6. The Morgan fingerprint density at radius 1 is 1.00 bits per heavy atom. The Morgan fingerprint density at radius 3 is 2.11 bits per heavy atom. The van der Waals surface area contributed by atoms with Crippen molar-refractivity contribution < 1.29 is 4.74 Å². The number of hydrogen-bond donors (Lipinski definition) is 1. The van der Waals surface area contributed by atoms with E-state index in [9.17, 15) is 0 Å². The van der Waals surface area contributed by atoms with Crippen molar-refractivity contribution in [2.75, 3.05) is 19.8 Å². The monoisotopic (exact) mass is 263 g/mol. The number of hydrogen-bond acceptors (Lipinski definition) is 2. The van der Waals surface area contributed by atoms with E-state index in [1.54, 1.807) is 0 Å². The highest BCUT2D eigenvalue weighted by Gasteiger charge is 2.60. The van der Waals surface area contributed by atoms with Crippen molar-refractivity contribution in [1.82, 2.24) is 0 Å². The molecule has 1 unspecified atom stereocenters. The number of rotatable bonds is 3. The van der Waals surface area contributed by atoms with Gasteiger partial charge in [-0.05, 0) is 87.5 Å². The molecule has 1 heterocycles. The first kappa shape index (κ1) is 12.6. The van der Waals surface area contributed by atoms with Crippen LogP contribution in [0.15, 0.2) is 0 Å². The molecule has 19 heavy (non-hydrogen) atoms. The molecule has 0 aromatic heterocycles. The molecule has 5 fully saturated rings. The lowest BCUT2D eigenvalue weighted by Gasteiger charge is -2.64. The largest absolute Gasteiger partial charge is 0.381 e. The van der Waals surface area contributed by atoms with Gasteiger partial charge in [0.05, 0.1) is 6.61 Å². The minimum Gasteiger partial charge on any atom is -0.381 e. The van der Waals surface area contributed by atoms with Crippen molar-refractivity contribution in [3.05, 3.63) is 0 Å². The molecule has 4 saturated carbocycles. The van der Waals surface area contributed by atoms with Crippen molar-refractivity contribution in [1.29, 1.82) is 0 Å². The van der Waals surface area contributed by atoms with E-state index in [0.717, 1.165) is 37.5 Å². The van der Waals surface area contributed by atoms with Crippen molar-refractivity contribution in [3.8, 4) is 0 Å². The van der Waals surface area contributed by atoms with Gasteiger partial charge in [0, 0.05) is 12.0 Å². The molecule has 1 aliphatic heterocycles. The maximum atomic E-state index is 6.01. The minimum atomic E-state index is 0.440. The zero-order valence-corrected chi connectivity index (χ0v) is 12.2. The molecule has 4 bridgehead atoms. The Labute approximate surface area is 117 Å². The first-order chi connectivity index (χ1) is 9.25. The molecule has 2 heteroatoms. The van der Waals surface area contributed by atoms with Crippen LogP contribution in [0.3, 0.4) is 0 Å². The second-order valence-corrected chi connectivity index (χ2v) is 8.17.